The lowest BCUT2D eigenvalue weighted by Gasteiger charge is -2.04. The van der Waals surface area contributed by atoms with Crippen LogP contribution in [-0.4, -0.2) is 13.2 Å². The lowest BCUT2D eigenvalue weighted by atomic mass is 10.1. The molecule has 0 aromatic carbocycles. The highest BCUT2D eigenvalue weighted by Gasteiger charge is 1.92. The van der Waals surface area contributed by atoms with E-state index in [9.17, 15) is 0 Å². The second kappa shape index (κ2) is 25.4. The van der Waals surface area contributed by atoms with E-state index >= 15 is 0 Å². The van der Waals surface area contributed by atoms with E-state index in [4.69, 9.17) is 4.84 Å². The molecule has 0 aromatic rings. The largest absolute Gasteiger partial charge is 0.302 e. The number of allylic oxidation sites excluding steroid dienone is 2. The predicted molar refractivity (Wildman–Crippen MR) is 114 cm³/mol. The van der Waals surface area contributed by atoms with Crippen LogP contribution in [0.3, 0.4) is 0 Å². The van der Waals surface area contributed by atoms with Gasteiger partial charge in [-0.05, 0) is 38.5 Å². The Labute approximate surface area is 162 Å². The Morgan fingerprint density at radius 1 is 0.625 bits per heavy atom. The van der Waals surface area contributed by atoms with Gasteiger partial charge in [0.2, 0.25) is 0 Å². The summed E-state index contributed by atoms with van der Waals surface area (Å²) in [6, 6.07) is 0. The van der Waals surface area contributed by atoms with E-state index in [-0.39, 0.29) is 17.0 Å². The zero-order chi connectivity index (χ0) is 16.8. The van der Waals surface area contributed by atoms with Gasteiger partial charge in [0, 0.05) is 6.54 Å². The van der Waals surface area contributed by atoms with Gasteiger partial charge in [0.25, 0.3) is 0 Å². The molecule has 0 aliphatic heterocycles. The summed E-state index contributed by atoms with van der Waals surface area (Å²) in [6.45, 7) is 6.26. The standard InChI is InChI=1S/C21H43NO.BrH/c1-3-5-6-7-8-9-10-11-12-13-14-15-16-17-18-19-21-23-22-20-4-2;/h11-12,22H,3-10,13-21H2,1-2H3;1H. The average molecular weight is 406 g/mol. The molecule has 0 atom stereocenters. The van der Waals surface area contributed by atoms with Crippen LogP contribution < -0.4 is 5.48 Å². The molecule has 146 valence electrons. The Kier molecular flexibility index (Phi) is 27.9. The van der Waals surface area contributed by atoms with Gasteiger partial charge in [0.05, 0.1) is 6.61 Å². The van der Waals surface area contributed by atoms with Gasteiger partial charge in [0.1, 0.15) is 0 Å². The molecule has 2 nitrogen and oxygen atoms in total. The number of halogens is 1. The molecule has 0 spiro atoms. The van der Waals surface area contributed by atoms with Crippen molar-refractivity contribution in [1.29, 1.82) is 0 Å². The summed E-state index contributed by atoms with van der Waals surface area (Å²) in [6.07, 6.45) is 24.9. The predicted octanol–water partition coefficient (Wildman–Crippen LogP) is 7.53. The van der Waals surface area contributed by atoms with Gasteiger partial charge >= 0.3 is 0 Å². The Bertz CT molecular complexity index is 234. The molecule has 0 bridgehead atoms. The molecular weight excluding hydrogens is 362 g/mol. The maximum Gasteiger partial charge on any atom is 0.0682 e. The zero-order valence-corrected chi connectivity index (χ0v) is 18.2. The van der Waals surface area contributed by atoms with Crippen molar-refractivity contribution < 1.29 is 4.84 Å². The van der Waals surface area contributed by atoms with E-state index in [0.717, 1.165) is 19.6 Å². The van der Waals surface area contributed by atoms with E-state index in [0.29, 0.717) is 0 Å². The second-order valence-electron chi connectivity index (χ2n) is 6.68. The number of rotatable bonds is 19. The van der Waals surface area contributed by atoms with E-state index in [2.05, 4.69) is 31.5 Å². The highest BCUT2D eigenvalue weighted by atomic mass is 79.9. The fourth-order valence-corrected chi connectivity index (χ4v) is 2.67. The minimum atomic E-state index is 0. The fraction of sp³-hybridized carbons (Fsp3) is 0.905. The molecule has 0 radical (unpaired) electrons. The van der Waals surface area contributed by atoms with Crippen LogP contribution in [0.2, 0.25) is 0 Å². The molecule has 24 heavy (non-hydrogen) atoms. The Morgan fingerprint density at radius 3 is 1.67 bits per heavy atom. The summed E-state index contributed by atoms with van der Waals surface area (Å²) in [7, 11) is 0. The van der Waals surface area contributed by atoms with Crippen LogP contribution in [0.1, 0.15) is 110 Å². The summed E-state index contributed by atoms with van der Waals surface area (Å²) < 4.78 is 0. The summed E-state index contributed by atoms with van der Waals surface area (Å²) in [4.78, 5) is 5.33. The molecule has 0 heterocycles. The summed E-state index contributed by atoms with van der Waals surface area (Å²) >= 11 is 0. The molecule has 3 heteroatoms. The average Bonchev–Trinajstić information content (AvgIpc) is 2.57. The molecule has 0 unspecified atom stereocenters. The van der Waals surface area contributed by atoms with Gasteiger partial charge in [-0.2, -0.15) is 0 Å². The fourth-order valence-electron chi connectivity index (χ4n) is 2.67. The van der Waals surface area contributed by atoms with Crippen molar-refractivity contribution in [2.24, 2.45) is 0 Å². The second-order valence-corrected chi connectivity index (χ2v) is 6.68. The third-order valence-electron chi connectivity index (χ3n) is 4.21. The van der Waals surface area contributed by atoms with Gasteiger partial charge in [0.15, 0.2) is 0 Å². The Hall–Kier alpha value is 0.140. The van der Waals surface area contributed by atoms with E-state index in [1.807, 2.05) is 0 Å². The first-order valence-electron chi connectivity index (χ1n) is 10.4. The van der Waals surface area contributed by atoms with Crippen LogP contribution in [0, 0.1) is 0 Å². The van der Waals surface area contributed by atoms with Crippen molar-refractivity contribution >= 4 is 17.0 Å². The van der Waals surface area contributed by atoms with Crippen molar-refractivity contribution in [3.05, 3.63) is 12.2 Å². The third kappa shape index (κ3) is 24.4. The first-order chi connectivity index (χ1) is 11.4. The molecular formula is C21H44BrNO. The van der Waals surface area contributed by atoms with Crippen molar-refractivity contribution in [3.63, 3.8) is 0 Å². The highest BCUT2D eigenvalue weighted by Crippen LogP contribution is 2.09. The SMILES string of the molecule is Br.CCCCCCCCC=CCCCCCCCCONCCC. The molecule has 0 aromatic heterocycles. The molecule has 0 fully saturated rings. The maximum absolute atomic E-state index is 5.33. The minimum Gasteiger partial charge on any atom is -0.302 e. The van der Waals surface area contributed by atoms with Crippen molar-refractivity contribution in [1.82, 2.24) is 5.48 Å². The molecule has 0 rings (SSSR count). The van der Waals surface area contributed by atoms with E-state index < -0.39 is 0 Å². The number of hydrogen-bond acceptors (Lipinski definition) is 2. The smallest absolute Gasteiger partial charge is 0.0682 e. The van der Waals surface area contributed by atoms with Gasteiger partial charge < -0.3 is 4.84 Å². The first-order valence-corrected chi connectivity index (χ1v) is 10.4. The molecule has 1 N–H and O–H groups in total. The highest BCUT2D eigenvalue weighted by molar-refractivity contribution is 8.93. The molecule has 0 amide bonds. The van der Waals surface area contributed by atoms with E-state index in [1.165, 1.54) is 89.9 Å². The molecule has 0 saturated heterocycles. The van der Waals surface area contributed by atoms with E-state index in [1.54, 1.807) is 0 Å². The summed E-state index contributed by atoms with van der Waals surface area (Å²) in [5.41, 5.74) is 2.98. The van der Waals surface area contributed by atoms with Gasteiger partial charge in [-0.1, -0.05) is 83.8 Å². The molecule has 0 saturated carbocycles. The lowest BCUT2D eigenvalue weighted by Crippen LogP contribution is -2.15. The van der Waals surface area contributed by atoms with Crippen LogP contribution in [0.5, 0.6) is 0 Å². The molecule has 0 aliphatic rings. The summed E-state index contributed by atoms with van der Waals surface area (Å²) in [5, 5.41) is 0. The maximum atomic E-state index is 5.33. The monoisotopic (exact) mass is 405 g/mol. The topological polar surface area (TPSA) is 21.3 Å². The number of unbranched alkanes of at least 4 members (excludes halogenated alkanes) is 12. The third-order valence-corrected chi connectivity index (χ3v) is 4.21. The van der Waals surface area contributed by atoms with Crippen LogP contribution in [0.4, 0.5) is 0 Å². The van der Waals surface area contributed by atoms with Gasteiger partial charge in [-0.3, -0.25) is 0 Å². The number of nitrogens with one attached hydrogen (secondary N) is 1. The van der Waals surface area contributed by atoms with Crippen molar-refractivity contribution in [2.75, 3.05) is 13.2 Å². The quantitative estimate of drug-likeness (QED) is 0.136. The Balaban J connectivity index is 0. The normalized spacial score (nSPS) is 11.1. The Morgan fingerprint density at radius 2 is 1.12 bits per heavy atom. The minimum absolute atomic E-state index is 0. The summed E-state index contributed by atoms with van der Waals surface area (Å²) in [5.74, 6) is 0. The van der Waals surface area contributed by atoms with Gasteiger partial charge in [-0.25, -0.2) is 5.48 Å². The van der Waals surface area contributed by atoms with Crippen LogP contribution in [0.25, 0.3) is 0 Å². The van der Waals surface area contributed by atoms with Crippen LogP contribution in [-0.2, 0) is 4.84 Å². The van der Waals surface area contributed by atoms with Gasteiger partial charge in [-0.15, -0.1) is 17.0 Å². The van der Waals surface area contributed by atoms with Crippen LogP contribution in [0.15, 0.2) is 12.2 Å². The number of hydrogen-bond donors (Lipinski definition) is 1. The molecule has 0 aliphatic carbocycles. The lowest BCUT2D eigenvalue weighted by molar-refractivity contribution is 0.0387. The first kappa shape index (κ1) is 26.4. The van der Waals surface area contributed by atoms with Crippen molar-refractivity contribution in [2.45, 2.75) is 110 Å². The zero-order valence-electron chi connectivity index (χ0n) is 16.5. The van der Waals surface area contributed by atoms with Crippen LogP contribution >= 0.6 is 17.0 Å². The van der Waals surface area contributed by atoms with Crippen molar-refractivity contribution in [3.8, 4) is 0 Å². The number of hydroxylamine groups is 1.